The molecule has 0 aliphatic rings. The van der Waals surface area contributed by atoms with E-state index in [1.165, 1.54) is 0 Å². The van der Waals surface area contributed by atoms with Gasteiger partial charge in [0.1, 0.15) is 11.1 Å². The summed E-state index contributed by atoms with van der Waals surface area (Å²) in [7, 11) is 1.82. The quantitative estimate of drug-likeness (QED) is 0.545. The van der Waals surface area contributed by atoms with E-state index in [1.807, 2.05) is 19.3 Å². The van der Waals surface area contributed by atoms with E-state index in [9.17, 15) is 9.59 Å². The Morgan fingerprint density at radius 3 is 2.87 bits per heavy atom. The third kappa shape index (κ3) is 3.01. The maximum atomic E-state index is 12.2. The van der Waals surface area contributed by atoms with Gasteiger partial charge in [0, 0.05) is 25.1 Å². The average Bonchev–Trinajstić information content (AvgIpc) is 2.93. The van der Waals surface area contributed by atoms with Gasteiger partial charge in [-0.1, -0.05) is 18.2 Å². The number of nitrogens with zero attached hydrogens (tertiary/aromatic N) is 2. The molecule has 1 aromatic carbocycles. The molecule has 2 heterocycles. The first-order valence-electron chi connectivity index (χ1n) is 7.23. The number of para-hydroxylation sites is 1. The molecule has 0 aliphatic heterocycles. The maximum absolute atomic E-state index is 12.2. The minimum atomic E-state index is -0.674. The van der Waals surface area contributed by atoms with Crippen molar-refractivity contribution in [2.45, 2.75) is 13.3 Å². The lowest BCUT2D eigenvalue weighted by Crippen LogP contribution is -2.19. The van der Waals surface area contributed by atoms with Gasteiger partial charge in [0.2, 0.25) is 0 Å². The average molecular weight is 312 g/mol. The molecule has 0 amide bonds. The lowest BCUT2D eigenvalue weighted by Gasteiger charge is -2.07. The lowest BCUT2D eigenvalue weighted by molar-refractivity contribution is 0.0504. The molecule has 6 nitrogen and oxygen atoms in total. The highest BCUT2D eigenvalue weighted by molar-refractivity contribution is 5.95. The zero-order chi connectivity index (χ0) is 16.4. The van der Waals surface area contributed by atoms with Crippen molar-refractivity contribution < 1.29 is 13.9 Å². The highest BCUT2D eigenvalue weighted by atomic mass is 16.5. The summed E-state index contributed by atoms with van der Waals surface area (Å²) >= 11 is 0. The summed E-state index contributed by atoms with van der Waals surface area (Å²) in [5, 5.41) is 4.77. The van der Waals surface area contributed by atoms with Crippen molar-refractivity contribution >= 4 is 16.9 Å². The third-order valence-electron chi connectivity index (χ3n) is 3.66. The van der Waals surface area contributed by atoms with Gasteiger partial charge in [0.05, 0.1) is 12.8 Å². The summed E-state index contributed by atoms with van der Waals surface area (Å²) < 4.78 is 12.1. The molecular formula is C17H16N2O4. The molecule has 0 spiro atoms. The van der Waals surface area contributed by atoms with Crippen molar-refractivity contribution in [1.29, 1.82) is 0 Å². The van der Waals surface area contributed by atoms with Gasteiger partial charge in [-0.3, -0.25) is 4.68 Å². The van der Waals surface area contributed by atoms with E-state index in [2.05, 4.69) is 5.10 Å². The normalized spacial score (nSPS) is 10.9. The summed E-state index contributed by atoms with van der Waals surface area (Å²) in [6.07, 6.45) is 4.10. The number of carbonyl (C=O) groups excluding carboxylic acids is 1. The number of rotatable bonds is 4. The Kier molecular flexibility index (Phi) is 3.97. The smallest absolute Gasteiger partial charge is 0.351 e. The second-order valence-corrected chi connectivity index (χ2v) is 5.29. The van der Waals surface area contributed by atoms with Crippen molar-refractivity contribution in [3.63, 3.8) is 0 Å². The van der Waals surface area contributed by atoms with Gasteiger partial charge in [-0.2, -0.15) is 5.10 Å². The standard InChI is InChI=1S/C17H16N2O4/c1-11-13-5-3-4-6-14(13)23-17(21)15(11)16(20)22-8-7-12-9-18-19(2)10-12/h3-6,9-10H,7-8H2,1-2H3. The minimum Gasteiger partial charge on any atom is -0.462 e. The SMILES string of the molecule is Cc1c(C(=O)OCCc2cnn(C)c2)c(=O)oc2ccccc12. The number of aromatic nitrogens is 2. The van der Waals surface area contributed by atoms with Crippen LogP contribution in [0.4, 0.5) is 0 Å². The molecule has 0 radical (unpaired) electrons. The van der Waals surface area contributed by atoms with Crippen molar-refractivity contribution in [1.82, 2.24) is 9.78 Å². The summed E-state index contributed by atoms with van der Waals surface area (Å²) in [4.78, 5) is 24.3. The first-order valence-corrected chi connectivity index (χ1v) is 7.23. The Labute approximate surface area is 132 Å². The molecule has 0 unspecified atom stereocenters. The summed E-state index contributed by atoms with van der Waals surface area (Å²) in [6.45, 7) is 1.90. The van der Waals surface area contributed by atoms with Gasteiger partial charge >= 0.3 is 11.6 Å². The van der Waals surface area contributed by atoms with Gasteiger partial charge in [-0.15, -0.1) is 0 Å². The highest BCUT2D eigenvalue weighted by Gasteiger charge is 2.19. The minimum absolute atomic E-state index is 0.0464. The monoisotopic (exact) mass is 312 g/mol. The van der Waals surface area contributed by atoms with Crippen molar-refractivity contribution in [3.8, 4) is 0 Å². The van der Waals surface area contributed by atoms with Crippen LogP contribution < -0.4 is 5.63 Å². The van der Waals surface area contributed by atoms with Crippen LogP contribution in [0.1, 0.15) is 21.5 Å². The van der Waals surface area contributed by atoms with Gasteiger partial charge in [0.15, 0.2) is 0 Å². The van der Waals surface area contributed by atoms with Crippen LogP contribution in [-0.2, 0) is 18.2 Å². The number of fused-ring (bicyclic) bond motifs is 1. The highest BCUT2D eigenvalue weighted by Crippen LogP contribution is 2.19. The molecule has 0 atom stereocenters. The first-order chi connectivity index (χ1) is 11.1. The molecule has 0 saturated heterocycles. The van der Waals surface area contributed by atoms with E-state index < -0.39 is 11.6 Å². The van der Waals surface area contributed by atoms with Crippen molar-refractivity contribution in [2.24, 2.45) is 7.05 Å². The van der Waals surface area contributed by atoms with E-state index in [1.54, 1.807) is 36.0 Å². The maximum Gasteiger partial charge on any atom is 0.351 e. The Morgan fingerprint density at radius 2 is 2.13 bits per heavy atom. The number of carbonyl (C=O) groups is 1. The Hall–Kier alpha value is -2.89. The molecule has 0 bridgehead atoms. The fourth-order valence-corrected chi connectivity index (χ4v) is 2.48. The molecule has 0 aliphatic carbocycles. The van der Waals surface area contributed by atoms with Crippen LogP contribution in [0.2, 0.25) is 0 Å². The van der Waals surface area contributed by atoms with Gasteiger partial charge < -0.3 is 9.15 Å². The van der Waals surface area contributed by atoms with Gasteiger partial charge in [-0.25, -0.2) is 9.59 Å². The zero-order valence-corrected chi connectivity index (χ0v) is 12.9. The molecule has 0 saturated carbocycles. The lowest BCUT2D eigenvalue weighted by atomic mass is 10.1. The molecule has 3 rings (SSSR count). The largest absolute Gasteiger partial charge is 0.462 e. The van der Waals surface area contributed by atoms with E-state index in [4.69, 9.17) is 9.15 Å². The number of hydrogen-bond donors (Lipinski definition) is 0. The van der Waals surface area contributed by atoms with E-state index >= 15 is 0 Å². The van der Waals surface area contributed by atoms with Crippen molar-refractivity contribution in [2.75, 3.05) is 6.61 Å². The third-order valence-corrected chi connectivity index (χ3v) is 3.66. The fraction of sp³-hybridized carbons (Fsp3) is 0.235. The molecular weight excluding hydrogens is 296 g/mol. The van der Waals surface area contributed by atoms with E-state index in [-0.39, 0.29) is 12.2 Å². The van der Waals surface area contributed by atoms with Crippen LogP contribution in [0.3, 0.4) is 0 Å². The molecule has 6 heteroatoms. The van der Waals surface area contributed by atoms with Crippen LogP contribution in [0.5, 0.6) is 0 Å². The first kappa shape index (κ1) is 15.0. The fourth-order valence-electron chi connectivity index (χ4n) is 2.48. The van der Waals surface area contributed by atoms with E-state index in [0.717, 1.165) is 10.9 Å². The summed E-state index contributed by atoms with van der Waals surface area (Å²) in [6, 6.07) is 7.10. The van der Waals surface area contributed by atoms with Crippen LogP contribution in [0.25, 0.3) is 11.0 Å². The van der Waals surface area contributed by atoms with Crippen LogP contribution in [0, 0.1) is 6.92 Å². The predicted octanol–water partition coefficient (Wildman–Crippen LogP) is 2.23. The Morgan fingerprint density at radius 1 is 1.35 bits per heavy atom. The van der Waals surface area contributed by atoms with Gasteiger partial charge in [-0.05, 0) is 24.1 Å². The molecule has 118 valence electrons. The van der Waals surface area contributed by atoms with Crippen LogP contribution >= 0.6 is 0 Å². The number of benzene rings is 1. The van der Waals surface area contributed by atoms with Gasteiger partial charge in [0.25, 0.3) is 0 Å². The number of hydrogen-bond acceptors (Lipinski definition) is 5. The number of esters is 1. The Bertz CT molecular complexity index is 924. The Balaban J connectivity index is 1.79. The molecule has 0 fully saturated rings. The van der Waals surface area contributed by atoms with Crippen LogP contribution in [0.15, 0.2) is 45.9 Å². The number of ether oxygens (including phenoxy) is 1. The summed E-state index contributed by atoms with van der Waals surface area (Å²) in [5.74, 6) is -0.661. The van der Waals surface area contributed by atoms with E-state index in [0.29, 0.717) is 17.6 Å². The number of aryl methyl sites for hydroxylation is 2. The molecule has 2 aromatic heterocycles. The molecule has 0 N–H and O–H groups in total. The zero-order valence-electron chi connectivity index (χ0n) is 12.9. The second-order valence-electron chi connectivity index (χ2n) is 5.29. The molecule has 3 aromatic rings. The summed E-state index contributed by atoms with van der Waals surface area (Å²) in [5.41, 5.74) is 1.27. The van der Waals surface area contributed by atoms with Crippen molar-refractivity contribution in [3.05, 3.63) is 63.8 Å². The second kappa shape index (κ2) is 6.08. The predicted molar refractivity (Wildman–Crippen MR) is 84.4 cm³/mol. The topological polar surface area (TPSA) is 74.3 Å². The van der Waals surface area contributed by atoms with Crippen LogP contribution in [-0.4, -0.2) is 22.4 Å². The molecule has 23 heavy (non-hydrogen) atoms.